The lowest BCUT2D eigenvalue weighted by Crippen LogP contribution is -2.23. The monoisotopic (exact) mass is 414 g/mol. The van der Waals surface area contributed by atoms with Crippen molar-refractivity contribution in [2.45, 2.75) is 6.54 Å². The molecule has 2 N–H and O–H groups in total. The van der Waals surface area contributed by atoms with Gasteiger partial charge in [0.25, 0.3) is 5.91 Å². The van der Waals surface area contributed by atoms with Crippen LogP contribution < -0.4 is 20.1 Å². The molecule has 0 bridgehead atoms. The highest BCUT2D eigenvalue weighted by Gasteiger charge is 2.14. The lowest BCUT2D eigenvalue weighted by molar-refractivity contribution is 0.0952. The van der Waals surface area contributed by atoms with Gasteiger partial charge in [-0.1, -0.05) is 24.3 Å². The molecule has 156 valence electrons. The van der Waals surface area contributed by atoms with E-state index in [1.807, 2.05) is 60.7 Å². The fourth-order valence-electron chi connectivity index (χ4n) is 3.26. The first-order chi connectivity index (χ1) is 15.2. The molecule has 0 radical (unpaired) electrons. The van der Waals surface area contributed by atoms with Gasteiger partial charge in [0.2, 0.25) is 0 Å². The number of benzene rings is 2. The third-order valence-electron chi connectivity index (χ3n) is 4.77. The molecule has 0 aliphatic carbocycles. The van der Waals surface area contributed by atoms with Crippen LogP contribution in [0.4, 0.5) is 11.5 Å². The van der Waals surface area contributed by atoms with Crippen molar-refractivity contribution in [3.8, 4) is 11.5 Å². The molecule has 2 heterocycles. The second-order valence-corrected chi connectivity index (χ2v) is 6.77. The van der Waals surface area contributed by atoms with Crippen molar-refractivity contribution < 1.29 is 14.3 Å². The summed E-state index contributed by atoms with van der Waals surface area (Å²) in [7, 11) is 3.17. The van der Waals surface area contributed by atoms with E-state index < -0.39 is 0 Å². The molecule has 0 atom stereocenters. The number of nitrogens with zero attached hydrogens (tertiary/aromatic N) is 2. The number of anilines is 2. The molecule has 0 unspecified atom stereocenters. The van der Waals surface area contributed by atoms with Crippen molar-refractivity contribution in [2.75, 3.05) is 19.5 Å². The Labute approximate surface area is 180 Å². The fourth-order valence-corrected chi connectivity index (χ4v) is 3.26. The predicted octanol–water partition coefficient (Wildman–Crippen LogP) is 4.32. The van der Waals surface area contributed by atoms with E-state index in [0.717, 1.165) is 22.3 Å². The maximum absolute atomic E-state index is 13.0. The van der Waals surface area contributed by atoms with Crippen molar-refractivity contribution in [1.82, 2.24) is 15.3 Å². The zero-order chi connectivity index (χ0) is 21.6. The Balaban J connectivity index is 1.64. The molecule has 7 nitrogen and oxygen atoms in total. The average Bonchev–Trinajstić information content (AvgIpc) is 2.82. The first kappa shape index (κ1) is 20.2. The molecule has 4 aromatic rings. The Morgan fingerprint density at radius 1 is 0.935 bits per heavy atom. The molecule has 4 rings (SSSR count). The van der Waals surface area contributed by atoms with Crippen LogP contribution in [0.2, 0.25) is 0 Å². The van der Waals surface area contributed by atoms with Crippen molar-refractivity contribution in [3.63, 3.8) is 0 Å². The van der Waals surface area contributed by atoms with Crippen LogP contribution in [0.25, 0.3) is 10.9 Å². The number of carbonyl (C=O) groups excluding carboxylic acids is 1. The van der Waals surface area contributed by atoms with Crippen LogP contribution in [0.15, 0.2) is 72.9 Å². The number of ether oxygens (including phenoxy) is 2. The van der Waals surface area contributed by atoms with Gasteiger partial charge in [0.15, 0.2) is 11.5 Å². The van der Waals surface area contributed by atoms with Gasteiger partial charge in [-0.3, -0.25) is 9.78 Å². The van der Waals surface area contributed by atoms with Gasteiger partial charge in [-0.2, -0.15) is 0 Å². The van der Waals surface area contributed by atoms with E-state index in [1.165, 1.54) is 0 Å². The van der Waals surface area contributed by atoms with Crippen LogP contribution in [-0.4, -0.2) is 30.1 Å². The van der Waals surface area contributed by atoms with Crippen LogP contribution in [0, 0.1) is 0 Å². The third-order valence-corrected chi connectivity index (χ3v) is 4.77. The second-order valence-electron chi connectivity index (χ2n) is 6.77. The number of rotatable bonds is 7. The summed E-state index contributed by atoms with van der Waals surface area (Å²) in [6.07, 6.45) is 1.70. The molecule has 2 aromatic heterocycles. The third kappa shape index (κ3) is 4.56. The van der Waals surface area contributed by atoms with Gasteiger partial charge in [0.1, 0.15) is 5.82 Å². The van der Waals surface area contributed by atoms with Crippen LogP contribution in [0.3, 0.4) is 0 Å². The number of pyridine rings is 2. The molecule has 7 heteroatoms. The molecule has 0 aliphatic heterocycles. The molecular weight excluding hydrogens is 392 g/mol. The number of carbonyl (C=O) groups is 1. The van der Waals surface area contributed by atoms with Crippen molar-refractivity contribution in [3.05, 3.63) is 84.2 Å². The molecule has 0 aliphatic rings. The molecule has 31 heavy (non-hydrogen) atoms. The minimum atomic E-state index is -0.195. The van der Waals surface area contributed by atoms with Gasteiger partial charge < -0.3 is 20.1 Å². The van der Waals surface area contributed by atoms with Crippen molar-refractivity contribution in [1.29, 1.82) is 0 Å². The standard InChI is InChI=1S/C24H22N4O3/c1-30-21-11-10-16(13-22(21)31-2)27-23-14-19(18-8-3-4-9-20(18)28-23)24(29)26-15-17-7-5-6-12-25-17/h3-14H,15H2,1-2H3,(H,26,29)(H,27,28). The quantitative estimate of drug-likeness (QED) is 0.468. The number of aromatic nitrogens is 2. The van der Waals surface area contributed by atoms with E-state index >= 15 is 0 Å². The highest BCUT2D eigenvalue weighted by Crippen LogP contribution is 2.31. The molecule has 2 aromatic carbocycles. The van der Waals surface area contributed by atoms with E-state index in [9.17, 15) is 4.79 Å². The summed E-state index contributed by atoms with van der Waals surface area (Å²) in [6.45, 7) is 0.342. The van der Waals surface area contributed by atoms with E-state index in [1.54, 1.807) is 26.5 Å². The van der Waals surface area contributed by atoms with Gasteiger partial charge in [0, 0.05) is 23.3 Å². The van der Waals surface area contributed by atoms with E-state index in [4.69, 9.17) is 9.47 Å². The van der Waals surface area contributed by atoms with Crippen molar-refractivity contribution >= 4 is 28.3 Å². The number of hydrogen-bond acceptors (Lipinski definition) is 6. The molecule has 0 saturated heterocycles. The summed E-state index contributed by atoms with van der Waals surface area (Å²) in [5, 5.41) is 6.97. The SMILES string of the molecule is COc1ccc(Nc2cc(C(=O)NCc3ccccn3)c3ccccc3n2)cc1OC. The smallest absolute Gasteiger partial charge is 0.252 e. The maximum atomic E-state index is 13.0. The van der Waals surface area contributed by atoms with Crippen LogP contribution in [0.1, 0.15) is 16.1 Å². The van der Waals surface area contributed by atoms with Gasteiger partial charge in [-0.25, -0.2) is 4.98 Å². The lowest BCUT2D eigenvalue weighted by atomic mass is 10.1. The molecule has 0 saturated carbocycles. The Bertz CT molecular complexity index is 1210. The van der Waals surface area contributed by atoms with Gasteiger partial charge in [0.05, 0.1) is 37.5 Å². The Kier molecular flexibility index (Phi) is 5.93. The van der Waals surface area contributed by atoms with E-state index in [0.29, 0.717) is 29.4 Å². The summed E-state index contributed by atoms with van der Waals surface area (Å²) >= 11 is 0. The zero-order valence-electron chi connectivity index (χ0n) is 17.3. The van der Waals surface area contributed by atoms with Gasteiger partial charge >= 0.3 is 0 Å². The molecule has 0 fully saturated rings. The molecule has 1 amide bonds. The minimum Gasteiger partial charge on any atom is -0.493 e. The van der Waals surface area contributed by atoms with Crippen LogP contribution in [-0.2, 0) is 6.54 Å². The molecule has 0 spiro atoms. The Hall–Kier alpha value is -4.13. The van der Waals surface area contributed by atoms with Crippen LogP contribution >= 0.6 is 0 Å². The Morgan fingerprint density at radius 2 is 1.74 bits per heavy atom. The highest BCUT2D eigenvalue weighted by atomic mass is 16.5. The summed E-state index contributed by atoms with van der Waals surface area (Å²) in [5.41, 5.74) is 2.80. The maximum Gasteiger partial charge on any atom is 0.252 e. The number of para-hydroxylation sites is 1. The predicted molar refractivity (Wildman–Crippen MR) is 120 cm³/mol. The number of nitrogens with one attached hydrogen (secondary N) is 2. The number of amides is 1. The summed E-state index contributed by atoms with van der Waals surface area (Å²) < 4.78 is 10.7. The summed E-state index contributed by atoms with van der Waals surface area (Å²) in [5.74, 6) is 1.59. The normalized spacial score (nSPS) is 10.5. The summed E-state index contributed by atoms with van der Waals surface area (Å²) in [6, 6.07) is 20.4. The zero-order valence-corrected chi connectivity index (χ0v) is 17.3. The van der Waals surface area contributed by atoms with Gasteiger partial charge in [-0.05, 0) is 36.4 Å². The lowest BCUT2D eigenvalue weighted by Gasteiger charge is -2.13. The van der Waals surface area contributed by atoms with E-state index in [2.05, 4.69) is 20.6 Å². The van der Waals surface area contributed by atoms with Gasteiger partial charge in [-0.15, -0.1) is 0 Å². The fraction of sp³-hybridized carbons (Fsp3) is 0.125. The Morgan fingerprint density at radius 3 is 2.52 bits per heavy atom. The number of hydrogen-bond donors (Lipinski definition) is 2. The highest BCUT2D eigenvalue weighted by molar-refractivity contribution is 6.07. The number of fused-ring (bicyclic) bond motifs is 1. The number of methoxy groups -OCH3 is 2. The van der Waals surface area contributed by atoms with Crippen LogP contribution in [0.5, 0.6) is 11.5 Å². The topological polar surface area (TPSA) is 85.4 Å². The minimum absolute atomic E-state index is 0.195. The average molecular weight is 414 g/mol. The second kappa shape index (κ2) is 9.13. The molecular formula is C24H22N4O3. The van der Waals surface area contributed by atoms with Crippen molar-refractivity contribution in [2.24, 2.45) is 0 Å². The summed E-state index contributed by atoms with van der Waals surface area (Å²) in [4.78, 5) is 21.9. The first-order valence-corrected chi connectivity index (χ1v) is 9.75. The van der Waals surface area contributed by atoms with E-state index in [-0.39, 0.29) is 5.91 Å². The first-order valence-electron chi connectivity index (χ1n) is 9.75. The largest absolute Gasteiger partial charge is 0.493 e.